The highest BCUT2D eigenvalue weighted by Crippen LogP contribution is 2.39. The first-order valence-electron chi connectivity index (χ1n) is 11.5. The van der Waals surface area contributed by atoms with Crippen LogP contribution >= 0.6 is 0 Å². The lowest BCUT2D eigenvalue weighted by molar-refractivity contribution is 0.0555. The standard InChI is InChI=1S/C23H35FN6O4/c1-13(2)25-22(32)34-18-9-8-15(20(18)24)16-11-19(30(28-16)23(3,4)5)26-21(31)17-10-14(12-33-7)27-29(17)6/h10-11,13,15,18,20H,8-9,12H2,1-7H3,(H,25,32)(H,26,31). The molecule has 0 aromatic carbocycles. The molecule has 2 N–H and O–H groups in total. The van der Waals surface area contributed by atoms with Crippen LogP contribution < -0.4 is 10.6 Å². The molecule has 0 radical (unpaired) electrons. The van der Waals surface area contributed by atoms with E-state index in [0.29, 0.717) is 42.3 Å². The molecule has 11 heteroatoms. The molecule has 2 aromatic rings. The Morgan fingerprint density at radius 2 is 1.94 bits per heavy atom. The first-order chi connectivity index (χ1) is 15.9. The third-order valence-electron chi connectivity index (χ3n) is 5.61. The summed E-state index contributed by atoms with van der Waals surface area (Å²) in [7, 11) is 3.24. The van der Waals surface area contributed by atoms with Gasteiger partial charge < -0.3 is 20.1 Å². The molecular formula is C23H35FN6O4. The molecule has 0 bridgehead atoms. The number of aryl methyl sites for hydroxylation is 1. The van der Waals surface area contributed by atoms with Gasteiger partial charge in [0.05, 0.1) is 23.5 Å². The van der Waals surface area contributed by atoms with Gasteiger partial charge in [-0.2, -0.15) is 10.2 Å². The number of methoxy groups -OCH3 is 1. The molecule has 1 aliphatic rings. The van der Waals surface area contributed by atoms with Gasteiger partial charge >= 0.3 is 6.09 Å². The Balaban J connectivity index is 1.80. The van der Waals surface area contributed by atoms with E-state index in [0.717, 1.165) is 0 Å². The first kappa shape index (κ1) is 25.7. The lowest BCUT2D eigenvalue weighted by Crippen LogP contribution is -2.36. The van der Waals surface area contributed by atoms with Gasteiger partial charge in [-0.25, -0.2) is 13.9 Å². The number of hydrogen-bond acceptors (Lipinski definition) is 6. The predicted octanol–water partition coefficient (Wildman–Crippen LogP) is 3.49. The highest BCUT2D eigenvalue weighted by molar-refractivity contribution is 6.02. The van der Waals surface area contributed by atoms with E-state index in [-0.39, 0.29) is 11.9 Å². The number of rotatable bonds is 7. The van der Waals surface area contributed by atoms with Crippen molar-refractivity contribution in [2.24, 2.45) is 7.05 Å². The van der Waals surface area contributed by atoms with Crippen LogP contribution in [0.25, 0.3) is 0 Å². The zero-order chi connectivity index (χ0) is 25.2. The van der Waals surface area contributed by atoms with Crippen molar-refractivity contribution in [3.8, 4) is 0 Å². The zero-order valence-electron chi connectivity index (χ0n) is 20.9. The van der Waals surface area contributed by atoms with Gasteiger partial charge in [0.15, 0.2) is 0 Å². The van der Waals surface area contributed by atoms with Crippen molar-refractivity contribution in [2.45, 2.75) is 83.8 Å². The van der Waals surface area contributed by atoms with Crippen LogP contribution in [0.5, 0.6) is 0 Å². The summed E-state index contributed by atoms with van der Waals surface area (Å²) in [5.74, 6) is -0.443. The van der Waals surface area contributed by atoms with Crippen LogP contribution in [0.15, 0.2) is 12.1 Å². The molecule has 3 unspecified atom stereocenters. The number of alkyl halides is 1. The van der Waals surface area contributed by atoms with E-state index in [9.17, 15) is 9.59 Å². The summed E-state index contributed by atoms with van der Waals surface area (Å²) in [6, 6.07) is 3.26. The summed E-state index contributed by atoms with van der Waals surface area (Å²) < 4.78 is 28.8. The van der Waals surface area contributed by atoms with E-state index in [1.54, 1.807) is 31.0 Å². The molecule has 1 aliphatic carbocycles. The number of aromatic nitrogens is 4. The van der Waals surface area contributed by atoms with Gasteiger partial charge in [0.25, 0.3) is 5.91 Å². The van der Waals surface area contributed by atoms with Gasteiger partial charge in [0.1, 0.15) is 23.8 Å². The Hall–Kier alpha value is -2.95. The highest BCUT2D eigenvalue weighted by atomic mass is 19.1. The summed E-state index contributed by atoms with van der Waals surface area (Å²) in [6.07, 6.45) is -1.97. The van der Waals surface area contributed by atoms with Crippen molar-refractivity contribution in [2.75, 3.05) is 12.4 Å². The van der Waals surface area contributed by atoms with Crippen molar-refractivity contribution < 1.29 is 23.5 Å². The summed E-state index contributed by atoms with van der Waals surface area (Å²) in [5.41, 5.74) is 1.05. The number of carbonyl (C=O) groups excluding carboxylic acids is 2. The molecule has 34 heavy (non-hydrogen) atoms. The van der Waals surface area contributed by atoms with Gasteiger partial charge in [-0.1, -0.05) is 0 Å². The number of halogens is 1. The van der Waals surface area contributed by atoms with E-state index in [1.807, 2.05) is 34.6 Å². The number of nitrogens with zero attached hydrogens (tertiary/aromatic N) is 4. The maximum atomic E-state index is 15.3. The topological polar surface area (TPSA) is 112 Å². The second kappa shape index (κ2) is 10.1. The summed E-state index contributed by atoms with van der Waals surface area (Å²) >= 11 is 0. The molecule has 0 aliphatic heterocycles. The van der Waals surface area contributed by atoms with Crippen molar-refractivity contribution in [3.05, 3.63) is 29.2 Å². The average Bonchev–Trinajstić information content (AvgIpc) is 3.39. The highest BCUT2D eigenvalue weighted by Gasteiger charge is 2.42. The fourth-order valence-corrected chi connectivity index (χ4v) is 4.08. The van der Waals surface area contributed by atoms with E-state index in [2.05, 4.69) is 20.8 Å². The molecule has 3 atom stereocenters. The van der Waals surface area contributed by atoms with Crippen LogP contribution in [0.1, 0.15) is 75.3 Å². The van der Waals surface area contributed by atoms with Crippen molar-refractivity contribution in [3.63, 3.8) is 0 Å². The minimum absolute atomic E-state index is 0.0959. The fourth-order valence-electron chi connectivity index (χ4n) is 4.08. The Morgan fingerprint density at radius 3 is 2.56 bits per heavy atom. The molecule has 0 spiro atoms. The van der Waals surface area contributed by atoms with Crippen LogP contribution in [-0.4, -0.2) is 57.0 Å². The van der Waals surface area contributed by atoms with Crippen LogP contribution in [0.4, 0.5) is 15.0 Å². The monoisotopic (exact) mass is 478 g/mol. The van der Waals surface area contributed by atoms with Gasteiger partial charge in [-0.3, -0.25) is 9.48 Å². The number of amides is 2. The zero-order valence-corrected chi connectivity index (χ0v) is 20.9. The van der Waals surface area contributed by atoms with Crippen LogP contribution in [0.3, 0.4) is 0 Å². The number of anilines is 1. The Labute approximate surface area is 199 Å². The average molecular weight is 479 g/mol. The second-order valence-electron chi connectivity index (χ2n) is 9.94. The number of nitrogens with one attached hydrogen (secondary N) is 2. The van der Waals surface area contributed by atoms with Crippen molar-refractivity contribution in [1.29, 1.82) is 0 Å². The summed E-state index contributed by atoms with van der Waals surface area (Å²) in [4.78, 5) is 24.9. The lowest BCUT2D eigenvalue weighted by Gasteiger charge is -2.22. The van der Waals surface area contributed by atoms with Crippen LogP contribution in [0, 0.1) is 0 Å². The number of carbonyl (C=O) groups is 2. The molecule has 2 amide bonds. The molecule has 1 saturated carbocycles. The van der Waals surface area contributed by atoms with Crippen LogP contribution in [-0.2, 0) is 28.7 Å². The van der Waals surface area contributed by atoms with E-state index in [1.165, 1.54) is 4.68 Å². The minimum atomic E-state index is -1.39. The Bertz CT molecular complexity index is 1030. The number of hydrogen-bond donors (Lipinski definition) is 2. The van der Waals surface area contributed by atoms with Gasteiger partial charge in [-0.05, 0) is 53.5 Å². The number of ether oxygens (including phenoxy) is 2. The molecule has 10 nitrogen and oxygen atoms in total. The van der Waals surface area contributed by atoms with Crippen molar-refractivity contribution >= 4 is 17.8 Å². The molecular weight excluding hydrogens is 443 g/mol. The third-order valence-corrected chi connectivity index (χ3v) is 5.61. The Morgan fingerprint density at radius 1 is 1.24 bits per heavy atom. The minimum Gasteiger partial charge on any atom is -0.443 e. The largest absolute Gasteiger partial charge is 0.443 e. The molecule has 1 fully saturated rings. The second-order valence-corrected chi connectivity index (χ2v) is 9.94. The molecule has 0 saturated heterocycles. The first-order valence-corrected chi connectivity index (χ1v) is 11.5. The van der Waals surface area contributed by atoms with Gasteiger partial charge in [-0.15, -0.1) is 0 Å². The maximum absolute atomic E-state index is 15.3. The molecule has 2 heterocycles. The molecule has 2 aromatic heterocycles. The normalized spacial score (nSPS) is 20.6. The predicted molar refractivity (Wildman–Crippen MR) is 125 cm³/mol. The van der Waals surface area contributed by atoms with E-state index in [4.69, 9.17) is 9.47 Å². The van der Waals surface area contributed by atoms with Gasteiger partial charge in [0.2, 0.25) is 0 Å². The molecule has 3 rings (SSSR count). The smallest absolute Gasteiger partial charge is 0.407 e. The number of alkyl carbamates (subject to hydrolysis) is 1. The summed E-state index contributed by atoms with van der Waals surface area (Å²) in [6.45, 7) is 9.76. The lowest BCUT2D eigenvalue weighted by atomic mass is 10.0. The third kappa shape index (κ3) is 5.75. The van der Waals surface area contributed by atoms with Crippen molar-refractivity contribution in [1.82, 2.24) is 24.9 Å². The Kier molecular flexibility index (Phi) is 7.64. The summed E-state index contributed by atoms with van der Waals surface area (Å²) in [5, 5.41) is 14.4. The van der Waals surface area contributed by atoms with Crippen LogP contribution in [0.2, 0.25) is 0 Å². The van der Waals surface area contributed by atoms with Gasteiger partial charge in [0, 0.05) is 32.2 Å². The quantitative estimate of drug-likeness (QED) is 0.630. The molecule has 188 valence electrons. The van der Waals surface area contributed by atoms with E-state index >= 15 is 4.39 Å². The fraction of sp³-hybridized carbons (Fsp3) is 0.652. The van der Waals surface area contributed by atoms with E-state index < -0.39 is 29.8 Å². The maximum Gasteiger partial charge on any atom is 0.407 e. The SMILES string of the molecule is COCc1cc(C(=O)Nc2cc(C3CCC(OC(=O)NC(C)C)C3F)nn2C(C)(C)C)n(C)n1.